The molecule has 0 aliphatic carbocycles. The van der Waals surface area contributed by atoms with E-state index in [4.69, 9.17) is 4.74 Å². The molecule has 0 atom stereocenters. The Hall–Kier alpha value is -3.10. The minimum Gasteiger partial charge on any atom is -0.453 e. The molecule has 148 valence electrons. The van der Waals surface area contributed by atoms with Crippen LogP contribution in [-0.4, -0.2) is 36.0 Å². The first kappa shape index (κ1) is 19.7. The van der Waals surface area contributed by atoms with Crippen LogP contribution in [0.25, 0.3) is 10.8 Å². The zero-order valence-corrected chi connectivity index (χ0v) is 16.3. The molecule has 0 spiro atoms. The number of esters is 1. The first-order chi connectivity index (χ1) is 13.5. The Morgan fingerprint density at radius 1 is 1.18 bits per heavy atom. The van der Waals surface area contributed by atoms with Crippen LogP contribution in [0.15, 0.2) is 29.1 Å². The third kappa shape index (κ3) is 4.24. The van der Waals surface area contributed by atoms with Gasteiger partial charge in [0.15, 0.2) is 18.1 Å². The number of carbonyl (C=O) groups is 1. The lowest BCUT2D eigenvalue weighted by Gasteiger charge is -2.12. The van der Waals surface area contributed by atoms with Crippen LogP contribution in [0.3, 0.4) is 0 Å². The third-order valence-electron chi connectivity index (χ3n) is 4.26. The Kier molecular flexibility index (Phi) is 6.13. The van der Waals surface area contributed by atoms with E-state index in [1.165, 1.54) is 4.68 Å². The van der Waals surface area contributed by atoms with E-state index in [9.17, 15) is 9.59 Å². The number of unbranched alkanes of at least 4 members (excludes halogenated alkanes) is 1. The summed E-state index contributed by atoms with van der Waals surface area (Å²) in [6, 6.07) is 6.92. The van der Waals surface area contributed by atoms with Crippen molar-refractivity contribution in [2.24, 2.45) is 5.92 Å². The molecule has 9 nitrogen and oxygen atoms in total. The number of carbonyl (C=O) groups excluding carboxylic acids is 1. The Bertz CT molecular complexity index is 1020. The molecule has 2 aromatic heterocycles. The molecule has 3 rings (SSSR count). The predicted molar refractivity (Wildman–Crippen MR) is 103 cm³/mol. The highest BCUT2D eigenvalue weighted by Crippen LogP contribution is 2.15. The van der Waals surface area contributed by atoms with E-state index in [0.29, 0.717) is 29.7 Å². The number of fused-ring (bicyclic) bond motifs is 1. The van der Waals surface area contributed by atoms with Crippen molar-refractivity contribution in [1.82, 2.24) is 30.0 Å². The summed E-state index contributed by atoms with van der Waals surface area (Å²) in [6.07, 6.45) is 1.94. The van der Waals surface area contributed by atoms with Gasteiger partial charge in [-0.1, -0.05) is 45.4 Å². The van der Waals surface area contributed by atoms with Gasteiger partial charge < -0.3 is 4.74 Å². The first-order valence-electron chi connectivity index (χ1n) is 9.43. The van der Waals surface area contributed by atoms with Crippen LogP contribution in [0.2, 0.25) is 0 Å². The third-order valence-corrected chi connectivity index (χ3v) is 4.26. The van der Waals surface area contributed by atoms with Gasteiger partial charge in [0.1, 0.15) is 0 Å². The average Bonchev–Trinajstić information content (AvgIpc) is 3.13. The average molecular weight is 384 g/mol. The fourth-order valence-electron chi connectivity index (χ4n) is 2.86. The molecular formula is C19H24N6O3. The number of aromatic nitrogens is 6. The zero-order valence-electron chi connectivity index (χ0n) is 16.3. The molecule has 0 radical (unpaired) electrons. The largest absolute Gasteiger partial charge is 0.453 e. The zero-order chi connectivity index (χ0) is 20.1. The molecule has 0 fully saturated rings. The highest BCUT2D eigenvalue weighted by molar-refractivity contribution is 6.02. The number of aryl methyl sites for hydroxylation is 1. The van der Waals surface area contributed by atoms with Crippen molar-refractivity contribution >= 4 is 16.7 Å². The fourth-order valence-corrected chi connectivity index (χ4v) is 2.86. The monoisotopic (exact) mass is 384 g/mol. The summed E-state index contributed by atoms with van der Waals surface area (Å²) in [7, 11) is 0. The summed E-state index contributed by atoms with van der Waals surface area (Å²) in [5, 5.41) is 16.7. The lowest BCUT2D eigenvalue weighted by atomic mass is 10.1. The normalized spacial score (nSPS) is 11.3. The van der Waals surface area contributed by atoms with Crippen LogP contribution < -0.4 is 5.56 Å². The van der Waals surface area contributed by atoms with Gasteiger partial charge in [0.25, 0.3) is 5.56 Å². The van der Waals surface area contributed by atoms with Crippen molar-refractivity contribution in [2.45, 2.75) is 53.3 Å². The number of hydrogen-bond acceptors (Lipinski definition) is 7. The van der Waals surface area contributed by atoms with Crippen molar-refractivity contribution in [3.8, 4) is 0 Å². The van der Waals surface area contributed by atoms with Gasteiger partial charge >= 0.3 is 5.97 Å². The van der Waals surface area contributed by atoms with Crippen LogP contribution in [0.5, 0.6) is 0 Å². The molecule has 1 aromatic carbocycles. The van der Waals surface area contributed by atoms with E-state index in [1.807, 2.05) is 13.8 Å². The number of tetrazole rings is 1. The maximum atomic E-state index is 12.8. The van der Waals surface area contributed by atoms with Crippen molar-refractivity contribution < 1.29 is 9.53 Å². The van der Waals surface area contributed by atoms with Crippen molar-refractivity contribution in [1.29, 1.82) is 0 Å². The SMILES string of the molecule is CCCCn1nnnc1COC(=O)c1nn(CC(C)C)c(=O)c2ccccc12. The summed E-state index contributed by atoms with van der Waals surface area (Å²) in [6.45, 7) is 7.06. The number of ether oxygens (including phenoxy) is 1. The minimum absolute atomic E-state index is 0.0607. The van der Waals surface area contributed by atoms with Gasteiger partial charge in [-0.25, -0.2) is 14.2 Å². The van der Waals surface area contributed by atoms with Gasteiger partial charge in [0, 0.05) is 18.5 Å². The van der Waals surface area contributed by atoms with Crippen LogP contribution in [0.1, 0.15) is 49.9 Å². The molecule has 0 bridgehead atoms. The summed E-state index contributed by atoms with van der Waals surface area (Å²) in [5.74, 6) is 0.0683. The number of rotatable bonds is 8. The minimum atomic E-state index is -0.612. The van der Waals surface area contributed by atoms with Gasteiger partial charge in [-0.3, -0.25) is 4.79 Å². The number of nitrogens with zero attached hydrogens (tertiary/aromatic N) is 6. The van der Waals surface area contributed by atoms with E-state index < -0.39 is 5.97 Å². The van der Waals surface area contributed by atoms with E-state index in [0.717, 1.165) is 12.8 Å². The molecule has 2 heterocycles. The first-order valence-corrected chi connectivity index (χ1v) is 9.43. The van der Waals surface area contributed by atoms with Crippen LogP contribution in [-0.2, 0) is 24.4 Å². The molecule has 0 aliphatic rings. The smallest absolute Gasteiger partial charge is 0.359 e. The second-order valence-electron chi connectivity index (χ2n) is 7.02. The molecule has 0 amide bonds. The molecule has 0 saturated carbocycles. The Morgan fingerprint density at radius 3 is 2.64 bits per heavy atom. The molecule has 0 N–H and O–H groups in total. The maximum Gasteiger partial charge on any atom is 0.359 e. The molecule has 0 aliphatic heterocycles. The standard InChI is InChI=1S/C19H24N6O3/c1-4-5-10-24-16(20-22-23-24)12-28-19(27)17-14-8-6-7-9-15(14)18(26)25(21-17)11-13(2)3/h6-9,13H,4-5,10-12H2,1-3H3. The molecule has 9 heteroatoms. The van der Waals surface area contributed by atoms with Gasteiger partial charge in [0.2, 0.25) is 0 Å². The summed E-state index contributed by atoms with van der Waals surface area (Å²) < 4.78 is 8.38. The van der Waals surface area contributed by atoms with Gasteiger partial charge in [-0.2, -0.15) is 5.10 Å². The van der Waals surface area contributed by atoms with Crippen molar-refractivity contribution in [3.05, 3.63) is 46.1 Å². The fraction of sp³-hybridized carbons (Fsp3) is 0.474. The number of hydrogen-bond donors (Lipinski definition) is 0. The Morgan fingerprint density at radius 2 is 1.93 bits per heavy atom. The Balaban J connectivity index is 1.88. The molecule has 28 heavy (non-hydrogen) atoms. The van der Waals surface area contributed by atoms with E-state index in [1.54, 1.807) is 28.9 Å². The number of benzene rings is 1. The lowest BCUT2D eigenvalue weighted by molar-refractivity contribution is 0.0448. The summed E-state index contributed by atoms with van der Waals surface area (Å²) in [5.41, 5.74) is -0.104. The van der Waals surface area contributed by atoms with Crippen LogP contribution >= 0.6 is 0 Å². The van der Waals surface area contributed by atoms with E-state index in [2.05, 4.69) is 27.5 Å². The second-order valence-corrected chi connectivity index (χ2v) is 7.02. The Labute approximate surface area is 162 Å². The van der Waals surface area contributed by atoms with Gasteiger partial charge in [-0.15, -0.1) is 5.10 Å². The maximum absolute atomic E-state index is 12.8. The molecule has 0 unspecified atom stereocenters. The van der Waals surface area contributed by atoms with Crippen molar-refractivity contribution in [3.63, 3.8) is 0 Å². The van der Waals surface area contributed by atoms with Crippen LogP contribution in [0.4, 0.5) is 0 Å². The molecular weight excluding hydrogens is 360 g/mol. The van der Waals surface area contributed by atoms with E-state index >= 15 is 0 Å². The molecule has 3 aromatic rings. The van der Waals surface area contributed by atoms with Gasteiger partial charge in [-0.05, 0) is 28.8 Å². The molecule has 0 saturated heterocycles. The summed E-state index contributed by atoms with van der Waals surface area (Å²) in [4.78, 5) is 25.4. The van der Waals surface area contributed by atoms with Crippen LogP contribution in [0, 0.1) is 5.92 Å². The quantitative estimate of drug-likeness (QED) is 0.548. The topological polar surface area (TPSA) is 105 Å². The second kappa shape index (κ2) is 8.73. The van der Waals surface area contributed by atoms with Gasteiger partial charge in [0.05, 0.1) is 5.39 Å². The summed E-state index contributed by atoms with van der Waals surface area (Å²) >= 11 is 0. The highest BCUT2D eigenvalue weighted by atomic mass is 16.5. The van der Waals surface area contributed by atoms with E-state index in [-0.39, 0.29) is 23.8 Å². The highest BCUT2D eigenvalue weighted by Gasteiger charge is 2.19. The lowest BCUT2D eigenvalue weighted by Crippen LogP contribution is -2.28. The van der Waals surface area contributed by atoms with Crippen molar-refractivity contribution in [2.75, 3.05) is 0 Å². The predicted octanol–water partition coefficient (Wildman–Crippen LogP) is 2.20.